The number of hydrogen-bond acceptors (Lipinski definition) is 8. The highest BCUT2D eigenvalue weighted by Crippen LogP contribution is 2.38. The molecule has 190 valence electrons. The molecule has 1 unspecified atom stereocenters. The lowest BCUT2D eigenvalue weighted by atomic mass is 10.1. The molecule has 0 amide bonds. The number of nitrogens with one attached hydrogen (secondary N) is 2. The molecular weight excluding hydrogens is 475 g/mol. The Labute approximate surface area is 206 Å². The van der Waals surface area contributed by atoms with Crippen molar-refractivity contribution in [1.82, 2.24) is 9.97 Å². The zero-order valence-electron chi connectivity index (χ0n) is 19.5. The number of ether oxygens (including phenoxy) is 2. The Kier molecular flexibility index (Phi) is 7.61. The first-order valence-corrected chi connectivity index (χ1v) is 11.2. The highest BCUT2D eigenvalue weighted by atomic mass is 19.4. The van der Waals surface area contributed by atoms with Gasteiger partial charge in [-0.1, -0.05) is 18.7 Å². The Morgan fingerprint density at radius 2 is 1.94 bits per heavy atom. The van der Waals surface area contributed by atoms with Gasteiger partial charge in [-0.25, -0.2) is 9.97 Å². The molecule has 4 rings (SSSR count). The van der Waals surface area contributed by atoms with E-state index in [0.717, 1.165) is 11.9 Å². The number of anilines is 4. The number of aliphatic hydroxyl groups excluding tert-OH is 1. The van der Waals surface area contributed by atoms with Crippen LogP contribution < -0.4 is 20.3 Å². The Hall–Kier alpha value is -3.83. The number of methoxy groups -OCH3 is 1. The molecule has 8 nitrogen and oxygen atoms in total. The largest absolute Gasteiger partial charge is 0.495 e. The molecule has 1 atom stereocenters. The van der Waals surface area contributed by atoms with Gasteiger partial charge in [0.25, 0.3) is 0 Å². The first-order chi connectivity index (χ1) is 17.3. The minimum Gasteiger partial charge on any atom is -0.495 e. The Morgan fingerprint density at radius 3 is 2.64 bits per heavy atom. The quantitative estimate of drug-likeness (QED) is 0.303. The molecule has 36 heavy (non-hydrogen) atoms. The maximum Gasteiger partial charge on any atom is 0.419 e. The van der Waals surface area contributed by atoms with Gasteiger partial charge in [0, 0.05) is 36.2 Å². The van der Waals surface area contributed by atoms with E-state index in [1.54, 1.807) is 31.4 Å². The lowest BCUT2D eigenvalue weighted by molar-refractivity contribution is -0.137. The number of aromatic nitrogens is 2. The van der Waals surface area contributed by atoms with Gasteiger partial charge in [-0.15, -0.1) is 0 Å². The van der Waals surface area contributed by atoms with Gasteiger partial charge in [0.15, 0.2) is 0 Å². The number of nitrogens with zero attached hydrogens (tertiary/aromatic N) is 3. The summed E-state index contributed by atoms with van der Waals surface area (Å²) in [5.74, 6) is 0.670. The summed E-state index contributed by atoms with van der Waals surface area (Å²) in [6.45, 7) is 6.02. The van der Waals surface area contributed by atoms with E-state index >= 15 is 0 Å². The lowest BCUT2D eigenvalue weighted by Crippen LogP contribution is -2.36. The molecule has 0 bridgehead atoms. The van der Waals surface area contributed by atoms with Crippen LogP contribution in [0.1, 0.15) is 5.56 Å². The molecule has 2 heterocycles. The summed E-state index contributed by atoms with van der Waals surface area (Å²) in [5.41, 5.74) is 0.770. The summed E-state index contributed by atoms with van der Waals surface area (Å²) in [4.78, 5) is 10.2. The molecule has 1 aromatic heterocycles. The van der Waals surface area contributed by atoms with Crippen LogP contribution in [0.15, 0.2) is 61.3 Å². The number of benzene rings is 2. The van der Waals surface area contributed by atoms with E-state index in [9.17, 15) is 18.3 Å². The summed E-state index contributed by atoms with van der Waals surface area (Å²) >= 11 is 0. The van der Waals surface area contributed by atoms with Crippen LogP contribution in [-0.4, -0.2) is 54.7 Å². The molecule has 1 aliphatic rings. The number of aliphatic hydroxyl groups is 1. The molecule has 1 saturated heterocycles. The SMILES string of the molecule is C=CC(O)Nc1cccc(-c2nc(Nc3ccc(OC)c(N4CCOCC4)c3)ncc2C(F)(F)F)c1. The van der Waals surface area contributed by atoms with Crippen molar-refractivity contribution < 1.29 is 27.8 Å². The van der Waals surface area contributed by atoms with E-state index in [1.807, 2.05) is 6.07 Å². The lowest BCUT2D eigenvalue weighted by Gasteiger charge is -2.30. The average Bonchev–Trinajstić information content (AvgIpc) is 2.88. The number of halogens is 3. The van der Waals surface area contributed by atoms with E-state index in [2.05, 4.69) is 32.1 Å². The Morgan fingerprint density at radius 1 is 1.17 bits per heavy atom. The maximum absolute atomic E-state index is 13.8. The van der Waals surface area contributed by atoms with Gasteiger partial charge in [0.2, 0.25) is 5.95 Å². The van der Waals surface area contributed by atoms with Gasteiger partial charge in [0.05, 0.1) is 31.7 Å². The fourth-order valence-corrected chi connectivity index (χ4v) is 3.80. The maximum atomic E-state index is 13.8. The molecule has 0 radical (unpaired) electrons. The van der Waals surface area contributed by atoms with Crippen molar-refractivity contribution in [2.24, 2.45) is 0 Å². The summed E-state index contributed by atoms with van der Waals surface area (Å²) < 4.78 is 52.3. The van der Waals surface area contributed by atoms with Gasteiger partial charge < -0.3 is 30.1 Å². The molecule has 0 aliphatic carbocycles. The normalized spacial score (nSPS) is 14.8. The van der Waals surface area contributed by atoms with Crippen molar-refractivity contribution in [1.29, 1.82) is 0 Å². The summed E-state index contributed by atoms with van der Waals surface area (Å²) in [6.07, 6.45) is -3.70. The first kappa shape index (κ1) is 25.3. The summed E-state index contributed by atoms with van der Waals surface area (Å²) in [5, 5.41) is 15.5. The van der Waals surface area contributed by atoms with E-state index in [1.165, 1.54) is 18.2 Å². The van der Waals surface area contributed by atoms with Crippen LogP contribution in [0.5, 0.6) is 5.75 Å². The van der Waals surface area contributed by atoms with Gasteiger partial charge in [-0.2, -0.15) is 13.2 Å². The van der Waals surface area contributed by atoms with E-state index in [0.29, 0.717) is 43.4 Å². The summed E-state index contributed by atoms with van der Waals surface area (Å²) in [6, 6.07) is 11.5. The van der Waals surface area contributed by atoms with Crippen molar-refractivity contribution >= 4 is 23.0 Å². The summed E-state index contributed by atoms with van der Waals surface area (Å²) in [7, 11) is 1.58. The van der Waals surface area contributed by atoms with E-state index in [4.69, 9.17) is 9.47 Å². The second-order valence-corrected chi connectivity index (χ2v) is 7.97. The van der Waals surface area contributed by atoms with Gasteiger partial charge >= 0.3 is 6.18 Å². The van der Waals surface area contributed by atoms with Crippen molar-refractivity contribution in [3.8, 4) is 17.0 Å². The van der Waals surface area contributed by atoms with Crippen LogP contribution in [-0.2, 0) is 10.9 Å². The van der Waals surface area contributed by atoms with Crippen LogP contribution in [0, 0.1) is 0 Å². The third-order valence-corrected chi connectivity index (χ3v) is 5.55. The van der Waals surface area contributed by atoms with Crippen molar-refractivity contribution in [3.63, 3.8) is 0 Å². The van der Waals surface area contributed by atoms with Gasteiger partial charge in [-0.05, 0) is 36.4 Å². The Bertz CT molecular complexity index is 1220. The molecular formula is C25H26F3N5O3. The van der Waals surface area contributed by atoms with Crippen molar-refractivity contribution in [3.05, 3.63) is 66.9 Å². The Balaban J connectivity index is 1.69. The predicted octanol–water partition coefficient (Wildman–Crippen LogP) is 4.67. The van der Waals surface area contributed by atoms with Crippen LogP contribution in [0.25, 0.3) is 11.3 Å². The standard InChI is InChI=1S/C25H26F3N5O3/c1-3-22(34)30-17-6-4-5-16(13-17)23-19(25(26,27)28)15-29-24(32-23)31-18-7-8-21(35-2)20(14-18)33-9-11-36-12-10-33/h3-8,13-15,22,30,34H,1,9-12H2,2H3,(H,29,31,32). The third-order valence-electron chi connectivity index (χ3n) is 5.55. The second-order valence-electron chi connectivity index (χ2n) is 7.97. The predicted molar refractivity (Wildman–Crippen MR) is 132 cm³/mol. The van der Waals surface area contributed by atoms with Crippen molar-refractivity contribution in [2.45, 2.75) is 12.4 Å². The average molecular weight is 502 g/mol. The highest BCUT2D eigenvalue weighted by Gasteiger charge is 2.35. The monoisotopic (exact) mass is 501 g/mol. The number of hydrogen-bond donors (Lipinski definition) is 3. The van der Waals surface area contributed by atoms with Crippen molar-refractivity contribution in [2.75, 3.05) is 48.9 Å². The van der Waals surface area contributed by atoms with Crippen LogP contribution in [0.3, 0.4) is 0 Å². The zero-order valence-corrected chi connectivity index (χ0v) is 19.5. The minimum atomic E-state index is -4.67. The van der Waals surface area contributed by atoms with Crippen LogP contribution >= 0.6 is 0 Å². The molecule has 0 spiro atoms. The topological polar surface area (TPSA) is 91.8 Å². The molecule has 1 fully saturated rings. The fourth-order valence-electron chi connectivity index (χ4n) is 3.80. The second kappa shape index (κ2) is 10.8. The first-order valence-electron chi connectivity index (χ1n) is 11.2. The molecule has 3 aromatic rings. The fraction of sp³-hybridized carbons (Fsp3) is 0.280. The van der Waals surface area contributed by atoms with E-state index < -0.39 is 18.0 Å². The third kappa shape index (κ3) is 5.86. The van der Waals surface area contributed by atoms with Gasteiger partial charge in [-0.3, -0.25) is 0 Å². The van der Waals surface area contributed by atoms with Gasteiger partial charge in [0.1, 0.15) is 17.5 Å². The van der Waals surface area contributed by atoms with E-state index in [-0.39, 0.29) is 17.2 Å². The number of morpholine rings is 1. The van der Waals surface area contributed by atoms with Crippen LogP contribution in [0.2, 0.25) is 0 Å². The number of alkyl halides is 3. The minimum absolute atomic E-state index is 0.000540. The number of rotatable bonds is 8. The molecule has 1 aliphatic heterocycles. The molecule has 3 N–H and O–H groups in total. The molecule has 0 saturated carbocycles. The zero-order chi connectivity index (χ0) is 25.7. The molecule has 2 aromatic carbocycles. The highest BCUT2D eigenvalue weighted by molar-refractivity contribution is 5.72. The molecule has 11 heteroatoms. The van der Waals surface area contributed by atoms with Crippen LogP contribution in [0.4, 0.5) is 36.2 Å². The smallest absolute Gasteiger partial charge is 0.419 e.